The molecule has 0 aliphatic carbocycles. The smallest absolute Gasteiger partial charge is 0.338 e. The zero-order valence-corrected chi connectivity index (χ0v) is 19.8. The fourth-order valence-corrected chi connectivity index (χ4v) is 4.89. The van der Waals surface area contributed by atoms with Gasteiger partial charge in [-0.25, -0.2) is 13.2 Å². The monoisotopic (exact) mass is 503 g/mol. The Labute approximate surface area is 199 Å². The number of nitrogens with two attached hydrogens (primary N) is 1. The first-order valence-electron chi connectivity index (χ1n) is 9.72. The van der Waals surface area contributed by atoms with Crippen LogP contribution in [0.3, 0.4) is 0 Å². The van der Waals surface area contributed by atoms with E-state index in [0.717, 1.165) is 23.0 Å². The Morgan fingerprint density at radius 2 is 1.76 bits per heavy atom. The highest BCUT2D eigenvalue weighted by Gasteiger charge is 2.23. The van der Waals surface area contributed by atoms with Gasteiger partial charge in [-0.15, -0.1) is 11.3 Å². The molecule has 0 bridgehead atoms. The number of ether oxygens (including phenoxy) is 2. The predicted molar refractivity (Wildman–Crippen MR) is 127 cm³/mol. The first kappa shape index (κ1) is 24.7. The van der Waals surface area contributed by atoms with Crippen LogP contribution in [0.5, 0.6) is 5.75 Å². The van der Waals surface area contributed by atoms with Gasteiger partial charge >= 0.3 is 5.97 Å². The largest absolute Gasteiger partial charge is 0.495 e. The summed E-state index contributed by atoms with van der Waals surface area (Å²) in [6.07, 6.45) is 0. The van der Waals surface area contributed by atoms with Crippen LogP contribution in [0.4, 0.5) is 10.7 Å². The average Bonchev–Trinajstić information content (AvgIpc) is 3.26. The molecule has 0 saturated carbocycles. The van der Waals surface area contributed by atoms with E-state index in [-0.39, 0.29) is 26.8 Å². The van der Waals surface area contributed by atoms with Crippen LogP contribution in [0.1, 0.15) is 26.3 Å². The highest BCUT2D eigenvalue weighted by atomic mass is 32.2. The van der Waals surface area contributed by atoms with Crippen molar-refractivity contribution in [2.45, 2.75) is 11.8 Å². The maximum absolute atomic E-state index is 12.9. The number of thiophene rings is 1. The number of rotatable bonds is 9. The second-order valence-electron chi connectivity index (χ2n) is 6.99. The van der Waals surface area contributed by atoms with E-state index in [9.17, 15) is 22.8 Å². The van der Waals surface area contributed by atoms with Crippen molar-refractivity contribution in [2.24, 2.45) is 5.73 Å². The molecular weight excluding hydrogens is 482 g/mol. The molecule has 34 heavy (non-hydrogen) atoms. The molecule has 178 valence electrons. The standard InChI is InChI=1S/C22H21N3O7S2/c1-13-3-6-15(7-4-13)25-34(29,30)18-11-14(5-8-17(18)31-2)22(28)32-12-19(26)24-21-16(20(23)27)9-10-33-21/h3-11,25H,12H2,1-2H3,(H2,23,27)(H,24,26). The molecule has 0 aliphatic heterocycles. The number of anilines is 2. The van der Waals surface area contributed by atoms with Gasteiger partial charge in [0.25, 0.3) is 21.8 Å². The molecule has 0 aliphatic rings. The van der Waals surface area contributed by atoms with E-state index in [1.165, 1.54) is 25.3 Å². The second-order valence-corrected chi connectivity index (χ2v) is 9.56. The van der Waals surface area contributed by atoms with E-state index in [1.807, 2.05) is 6.92 Å². The normalized spacial score (nSPS) is 10.9. The van der Waals surface area contributed by atoms with Crippen molar-refractivity contribution in [3.05, 3.63) is 70.6 Å². The van der Waals surface area contributed by atoms with Crippen molar-refractivity contribution in [1.82, 2.24) is 0 Å². The molecule has 0 radical (unpaired) electrons. The minimum Gasteiger partial charge on any atom is -0.495 e. The number of amides is 2. The number of carbonyl (C=O) groups is 3. The van der Waals surface area contributed by atoms with Gasteiger partial charge in [0.1, 0.15) is 15.6 Å². The van der Waals surface area contributed by atoms with Gasteiger partial charge in [0.05, 0.1) is 18.2 Å². The molecule has 1 heterocycles. The molecule has 0 atom stereocenters. The average molecular weight is 504 g/mol. The second kappa shape index (κ2) is 10.4. The molecule has 2 aromatic carbocycles. The van der Waals surface area contributed by atoms with E-state index in [1.54, 1.807) is 29.6 Å². The minimum absolute atomic E-state index is 0.0191. The lowest BCUT2D eigenvalue weighted by atomic mass is 10.2. The number of benzene rings is 2. The van der Waals surface area contributed by atoms with Crippen molar-refractivity contribution in [3.8, 4) is 5.75 Å². The van der Waals surface area contributed by atoms with Crippen LogP contribution in [0.25, 0.3) is 0 Å². The lowest BCUT2D eigenvalue weighted by molar-refractivity contribution is -0.119. The summed E-state index contributed by atoms with van der Waals surface area (Å²) in [6, 6.07) is 11.9. The van der Waals surface area contributed by atoms with Crippen LogP contribution in [0, 0.1) is 6.92 Å². The van der Waals surface area contributed by atoms with E-state index in [0.29, 0.717) is 5.69 Å². The van der Waals surface area contributed by atoms with E-state index < -0.39 is 34.4 Å². The van der Waals surface area contributed by atoms with E-state index in [2.05, 4.69) is 10.0 Å². The lowest BCUT2D eigenvalue weighted by Gasteiger charge is -2.13. The Balaban J connectivity index is 1.73. The van der Waals surface area contributed by atoms with Crippen LogP contribution >= 0.6 is 11.3 Å². The number of sulfonamides is 1. The van der Waals surface area contributed by atoms with Gasteiger partial charge in [-0.1, -0.05) is 17.7 Å². The number of primary amides is 1. The number of hydrogen-bond acceptors (Lipinski definition) is 8. The maximum atomic E-state index is 12.9. The van der Waals surface area contributed by atoms with Crippen LogP contribution in [0.2, 0.25) is 0 Å². The Morgan fingerprint density at radius 1 is 1.06 bits per heavy atom. The predicted octanol–water partition coefficient (Wildman–Crippen LogP) is 2.76. The number of methoxy groups -OCH3 is 1. The van der Waals surface area contributed by atoms with E-state index >= 15 is 0 Å². The third-order valence-corrected chi connectivity index (χ3v) is 6.74. The van der Waals surface area contributed by atoms with Gasteiger partial charge in [-0.2, -0.15) is 0 Å². The fraction of sp³-hybridized carbons (Fsp3) is 0.136. The molecule has 3 rings (SSSR count). The molecular formula is C22H21N3O7S2. The van der Waals surface area contributed by atoms with Crippen LogP contribution in [-0.2, 0) is 19.6 Å². The molecule has 4 N–H and O–H groups in total. The van der Waals surface area contributed by atoms with Crippen LogP contribution in [0.15, 0.2) is 58.8 Å². The summed E-state index contributed by atoms with van der Waals surface area (Å²) in [5.74, 6) is -2.31. The topological polar surface area (TPSA) is 154 Å². The third kappa shape index (κ3) is 5.91. The number of carbonyl (C=O) groups excluding carboxylic acids is 3. The van der Waals surface area contributed by atoms with Crippen molar-refractivity contribution in [2.75, 3.05) is 23.8 Å². The molecule has 0 spiro atoms. The summed E-state index contributed by atoms with van der Waals surface area (Å²) in [5, 5.41) is 4.24. The zero-order valence-electron chi connectivity index (χ0n) is 18.2. The lowest BCUT2D eigenvalue weighted by Crippen LogP contribution is -2.22. The zero-order chi connectivity index (χ0) is 24.9. The number of hydrogen-bond donors (Lipinski definition) is 3. The van der Waals surface area contributed by atoms with Crippen molar-refractivity contribution >= 4 is 49.8 Å². The minimum atomic E-state index is -4.11. The van der Waals surface area contributed by atoms with Gasteiger partial charge in [0.15, 0.2) is 6.61 Å². The molecule has 2 amide bonds. The summed E-state index contributed by atoms with van der Waals surface area (Å²) in [5.41, 5.74) is 6.55. The number of aryl methyl sites for hydroxylation is 1. The van der Waals surface area contributed by atoms with E-state index in [4.69, 9.17) is 15.2 Å². The van der Waals surface area contributed by atoms with Gasteiger partial charge in [-0.3, -0.25) is 14.3 Å². The van der Waals surface area contributed by atoms with Gasteiger partial charge in [-0.05, 0) is 48.7 Å². The van der Waals surface area contributed by atoms with Crippen molar-refractivity contribution in [1.29, 1.82) is 0 Å². The SMILES string of the molecule is COc1ccc(C(=O)OCC(=O)Nc2sccc2C(N)=O)cc1S(=O)(=O)Nc1ccc(C)cc1. The highest BCUT2D eigenvalue weighted by molar-refractivity contribution is 7.92. The molecule has 10 nitrogen and oxygen atoms in total. The van der Waals surface area contributed by atoms with Crippen LogP contribution < -0.4 is 20.5 Å². The number of nitrogens with one attached hydrogen (secondary N) is 2. The Kier molecular flexibility index (Phi) is 7.54. The maximum Gasteiger partial charge on any atom is 0.338 e. The summed E-state index contributed by atoms with van der Waals surface area (Å²) < 4.78 is 38.4. The number of esters is 1. The molecule has 0 unspecified atom stereocenters. The highest BCUT2D eigenvalue weighted by Crippen LogP contribution is 2.27. The van der Waals surface area contributed by atoms with Crippen molar-refractivity contribution < 1.29 is 32.3 Å². The molecule has 3 aromatic rings. The van der Waals surface area contributed by atoms with Gasteiger partial charge in [0.2, 0.25) is 0 Å². The van der Waals surface area contributed by atoms with Gasteiger partial charge < -0.3 is 20.5 Å². The molecule has 0 fully saturated rings. The molecule has 12 heteroatoms. The van der Waals surface area contributed by atoms with Gasteiger partial charge in [0, 0.05) is 5.69 Å². The summed E-state index contributed by atoms with van der Waals surface area (Å²) in [6.45, 7) is 1.21. The summed E-state index contributed by atoms with van der Waals surface area (Å²) in [4.78, 5) is 35.6. The first-order valence-corrected chi connectivity index (χ1v) is 12.1. The van der Waals surface area contributed by atoms with Crippen molar-refractivity contribution in [3.63, 3.8) is 0 Å². The first-order chi connectivity index (χ1) is 16.1. The molecule has 1 aromatic heterocycles. The molecule has 0 saturated heterocycles. The Morgan fingerprint density at radius 3 is 2.41 bits per heavy atom. The Bertz CT molecular complexity index is 1330. The Hall–Kier alpha value is -3.90. The quantitative estimate of drug-likeness (QED) is 0.379. The summed E-state index contributed by atoms with van der Waals surface area (Å²) in [7, 11) is -2.81. The van der Waals surface area contributed by atoms with Crippen LogP contribution in [-0.4, -0.2) is 39.9 Å². The fourth-order valence-electron chi connectivity index (χ4n) is 2.82. The summed E-state index contributed by atoms with van der Waals surface area (Å²) >= 11 is 1.09. The third-order valence-electron chi connectivity index (χ3n) is 4.51.